The molecule has 30 heavy (non-hydrogen) atoms. The summed E-state index contributed by atoms with van der Waals surface area (Å²) in [6, 6.07) is 22.9. The monoisotopic (exact) mass is 406 g/mol. The van der Waals surface area contributed by atoms with Crippen LogP contribution in [-0.2, 0) is 11.3 Å². The van der Waals surface area contributed by atoms with Gasteiger partial charge in [-0.25, -0.2) is 0 Å². The molecule has 4 rings (SSSR count). The summed E-state index contributed by atoms with van der Waals surface area (Å²) >= 11 is 0. The van der Waals surface area contributed by atoms with Crippen LogP contribution in [0.5, 0.6) is 17.2 Å². The highest BCUT2D eigenvalue weighted by molar-refractivity contribution is 5.50. The topological polar surface area (TPSA) is 57.2 Å². The molecular weight excluding hydrogens is 380 g/mol. The number of methoxy groups -OCH3 is 1. The van der Waals surface area contributed by atoms with Gasteiger partial charge in [0.1, 0.15) is 36.1 Å². The molecule has 0 spiro atoms. The summed E-state index contributed by atoms with van der Waals surface area (Å²) in [5.74, 6) is 1.94. The summed E-state index contributed by atoms with van der Waals surface area (Å²) in [6.07, 6.45) is 0.0945. The molecule has 5 nitrogen and oxygen atoms in total. The van der Waals surface area contributed by atoms with E-state index in [1.54, 1.807) is 7.11 Å². The number of aliphatic hydroxyl groups is 1. The van der Waals surface area contributed by atoms with Gasteiger partial charge in [-0.2, -0.15) is 0 Å². The first-order valence-electron chi connectivity index (χ1n) is 10.1. The smallest absolute Gasteiger partial charge is 0.129 e. The molecule has 3 aromatic rings. The molecule has 1 fully saturated rings. The fraction of sp³-hybridized carbons (Fsp3) is 0.280. The van der Waals surface area contributed by atoms with E-state index in [-0.39, 0.29) is 6.10 Å². The fourth-order valence-corrected chi connectivity index (χ4v) is 3.53. The average Bonchev–Trinajstić information content (AvgIpc) is 3.31. The molecule has 1 aliphatic rings. The fourth-order valence-electron chi connectivity index (χ4n) is 3.53. The van der Waals surface area contributed by atoms with Crippen molar-refractivity contribution in [2.24, 2.45) is 0 Å². The van der Waals surface area contributed by atoms with E-state index in [2.05, 4.69) is 0 Å². The Morgan fingerprint density at radius 3 is 2.43 bits per heavy atom. The van der Waals surface area contributed by atoms with Gasteiger partial charge >= 0.3 is 0 Å². The van der Waals surface area contributed by atoms with E-state index in [0.29, 0.717) is 30.3 Å². The van der Waals surface area contributed by atoms with E-state index in [1.807, 2.05) is 72.8 Å². The van der Waals surface area contributed by atoms with Crippen molar-refractivity contribution in [1.29, 1.82) is 0 Å². The van der Waals surface area contributed by atoms with Crippen molar-refractivity contribution in [2.45, 2.75) is 25.2 Å². The molecule has 1 saturated heterocycles. The van der Waals surface area contributed by atoms with Crippen molar-refractivity contribution >= 4 is 0 Å². The van der Waals surface area contributed by atoms with Gasteiger partial charge in [-0.3, -0.25) is 0 Å². The minimum atomic E-state index is -0.893. The third-order valence-electron chi connectivity index (χ3n) is 5.14. The van der Waals surface area contributed by atoms with Crippen molar-refractivity contribution < 1.29 is 24.1 Å². The molecule has 156 valence electrons. The van der Waals surface area contributed by atoms with Crippen LogP contribution in [0.15, 0.2) is 72.8 Å². The lowest BCUT2D eigenvalue weighted by Gasteiger charge is -2.20. The molecule has 0 radical (unpaired) electrons. The minimum absolute atomic E-state index is 0.0907. The second-order valence-electron chi connectivity index (χ2n) is 7.22. The van der Waals surface area contributed by atoms with Crippen LogP contribution >= 0.6 is 0 Å². The lowest BCUT2D eigenvalue weighted by molar-refractivity contribution is 0.141. The summed E-state index contributed by atoms with van der Waals surface area (Å²) in [7, 11) is 1.59. The predicted octanol–water partition coefficient (Wildman–Crippen LogP) is 4.52. The van der Waals surface area contributed by atoms with Gasteiger partial charge in [0.15, 0.2) is 0 Å². The molecule has 0 aliphatic carbocycles. The van der Waals surface area contributed by atoms with Crippen LogP contribution in [0.1, 0.15) is 29.2 Å². The Balaban J connectivity index is 1.53. The van der Waals surface area contributed by atoms with Gasteiger partial charge in [0, 0.05) is 6.42 Å². The van der Waals surface area contributed by atoms with Crippen molar-refractivity contribution in [3.05, 3.63) is 89.5 Å². The first kappa shape index (κ1) is 20.3. The lowest BCUT2D eigenvalue weighted by atomic mass is 9.99. The molecule has 2 atom stereocenters. The first-order chi connectivity index (χ1) is 14.7. The second-order valence-corrected chi connectivity index (χ2v) is 7.22. The zero-order valence-electron chi connectivity index (χ0n) is 17.0. The zero-order chi connectivity index (χ0) is 20.8. The number of hydrogen-bond acceptors (Lipinski definition) is 5. The Morgan fingerprint density at radius 1 is 0.967 bits per heavy atom. The quantitative estimate of drug-likeness (QED) is 0.596. The van der Waals surface area contributed by atoms with E-state index in [9.17, 15) is 5.11 Å². The predicted molar refractivity (Wildman–Crippen MR) is 114 cm³/mol. The van der Waals surface area contributed by atoms with Gasteiger partial charge in [0.25, 0.3) is 0 Å². The average molecular weight is 406 g/mol. The lowest BCUT2D eigenvalue weighted by Crippen LogP contribution is -2.15. The largest absolute Gasteiger partial charge is 0.496 e. The first-order valence-corrected chi connectivity index (χ1v) is 10.1. The van der Waals surface area contributed by atoms with Crippen molar-refractivity contribution in [3.63, 3.8) is 0 Å². The molecule has 0 aromatic heterocycles. The normalized spacial score (nSPS) is 16.8. The summed E-state index contributed by atoms with van der Waals surface area (Å²) in [4.78, 5) is 0. The molecular formula is C25H26O5. The maximum absolute atomic E-state index is 11.1. The van der Waals surface area contributed by atoms with E-state index >= 15 is 0 Å². The van der Waals surface area contributed by atoms with E-state index in [1.165, 1.54) is 0 Å². The van der Waals surface area contributed by atoms with Crippen molar-refractivity contribution in [2.75, 3.05) is 20.3 Å². The molecule has 0 bridgehead atoms. The Morgan fingerprint density at radius 2 is 1.73 bits per heavy atom. The molecule has 1 N–H and O–H groups in total. The Hall–Kier alpha value is -3.02. The standard InChI is InChI=1S/C25H26O5/c1-27-22-8-5-9-23(29-16-18-6-3-2-4-7-18)24(22)25(26)19-10-12-20(13-11-19)30-21-14-15-28-17-21/h2-13,21,25-26H,14-17H2,1H3/t21-,25?/m1/s1. The summed E-state index contributed by atoms with van der Waals surface area (Å²) in [5.41, 5.74) is 2.39. The molecule has 0 amide bonds. The summed E-state index contributed by atoms with van der Waals surface area (Å²) in [6.45, 7) is 1.76. The molecule has 1 heterocycles. The highest BCUT2D eigenvalue weighted by Gasteiger charge is 2.22. The Labute approximate surface area is 176 Å². The minimum Gasteiger partial charge on any atom is -0.496 e. The number of rotatable bonds is 8. The van der Waals surface area contributed by atoms with Gasteiger partial charge in [-0.15, -0.1) is 0 Å². The van der Waals surface area contributed by atoms with Crippen LogP contribution in [0, 0.1) is 0 Å². The third kappa shape index (κ3) is 4.75. The van der Waals surface area contributed by atoms with Gasteiger partial charge < -0.3 is 24.1 Å². The number of ether oxygens (including phenoxy) is 4. The zero-order valence-corrected chi connectivity index (χ0v) is 17.0. The van der Waals surface area contributed by atoms with Gasteiger partial charge in [0.2, 0.25) is 0 Å². The SMILES string of the molecule is COc1cccc(OCc2ccccc2)c1C(O)c1ccc(O[C@@H]2CCOC2)cc1. The number of hydrogen-bond donors (Lipinski definition) is 1. The van der Waals surface area contributed by atoms with Gasteiger partial charge in [-0.05, 0) is 35.4 Å². The summed E-state index contributed by atoms with van der Waals surface area (Å²) in [5, 5.41) is 11.1. The van der Waals surface area contributed by atoms with Crippen molar-refractivity contribution in [1.82, 2.24) is 0 Å². The van der Waals surface area contributed by atoms with Crippen LogP contribution in [0.25, 0.3) is 0 Å². The molecule has 1 aliphatic heterocycles. The van der Waals surface area contributed by atoms with Crippen LogP contribution < -0.4 is 14.2 Å². The molecule has 0 saturated carbocycles. The maximum atomic E-state index is 11.1. The number of benzene rings is 3. The van der Waals surface area contributed by atoms with Crippen LogP contribution in [0.3, 0.4) is 0 Å². The van der Waals surface area contributed by atoms with E-state index < -0.39 is 6.10 Å². The Bertz CT molecular complexity index is 934. The maximum Gasteiger partial charge on any atom is 0.129 e. The van der Waals surface area contributed by atoms with Crippen LogP contribution in [0.2, 0.25) is 0 Å². The van der Waals surface area contributed by atoms with E-state index in [4.69, 9.17) is 18.9 Å². The summed E-state index contributed by atoms with van der Waals surface area (Å²) < 4.78 is 22.8. The Kier molecular flexibility index (Phi) is 6.52. The van der Waals surface area contributed by atoms with Crippen LogP contribution in [-0.4, -0.2) is 31.5 Å². The van der Waals surface area contributed by atoms with Crippen molar-refractivity contribution in [3.8, 4) is 17.2 Å². The van der Waals surface area contributed by atoms with E-state index in [0.717, 1.165) is 29.9 Å². The second kappa shape index (κ2) is 9.65. The highest BCUT2D eigenvalue weighted by Crippen LogP contribution is 2.38. The highest BCUT2D eigenvalue weighted by atomic mass is 16.5. The molecule has 1 unspecified atom stereocenters. The third-order valence-corrected chi connectivity index (χ3v) is 5.14. The van der Waals surface area contributed by atoms with Gasteiger partial charge in [-0.1, -0.05) is 48.5 Å². The van der Waals surface area contributed by atoms with Gasteiger partial charge in [0.05, 0.1) is 25.9 Å². The molecule has 3 aromatic carbocycles. The van der Waals surface area contributed by atoms with Crippen LogP contribution in [0.4, 0.5) is 0 Å². The number of aliphatic hydroxyl groups excluding tert-OH is 1. The molecule has 5 heteroatoms.